The molecule has 0 aliphatic heterocycles. The predicted molar refractivity (Wildman–Crippen MR) is 92.3 cm³/mol. The summed E-state index contributed by atoms with van der Waals surface area (Å²) < 4.78 is 5.01. The van der Waals surface area contributed by atoms with E-state index in [1.165, 1.54) is 17.5 Å². The lowest BCUT2D eigenvalue weighted by Crippen LogP contribution is -2.46. The Bertz CT molecular complexity index is 665. The molecule has 6 heteroatoms. The Kier molecular flexibility index (Phi) is 5.68. The number of urea groups is 1. The Labute approximate surface area is 147 Å². The third-order valence-electron chi connectivity index (χ3n) is 4.86. The molecule has 0 aromatic heterocycles. The van der Waals surface area contributed by atoms with Crippen molar-refractivity contribution in [2.45, 2.75) is 57.4 Å². The Hall–Kier alpha value is -2.37. The molecule has 6 nitrogen and oxygen atoms in total. The van der Waals surface area contributed by atoms with Gasteiger partial charge >= 0.3 is 12.0 Å². The molecule has 0 atom stereocenters. The number of fused-ring (bicyclic) bond motifs is 1. The second-order valence-corrected chi connectivity index (χ2v) is 6.77. The number of imide groups is 1. The van der Waals surface area contributed by atoms with E-state index < -0.39 is 24.5 Å². The van der Waals surface area contributed by atoms with Gasteiger partial charge in [-0.3, -0.25) is 10.1 Å². The molecule has 1 saturated carbocycles. The number of nitrogens with one attached hydrogen (secondary N) is 2. The van der Waals surface area contributed by atoms with Crippen LogP contribution < -0.4 is 10.6 Å². The number of hydrogen-bond donors (Lipinski definition) is 2. The van der Waals surface area contributed by atoms with Gasteiger partial charge in [-0.1, -0.05) is 25.3 Å². The minimum absolute atomic E-state index is 0.121. The fourth-order valence-corrected chi connectivity index (χ4v) is 3.54. The molecule has 134 valence electrons. The summed E-state index contributed by atoms with van der Waals surface area (Å²) in [6.07, 6.45) is 8.38. The number of benzene rings is 1. The van der Waals surface area contributed by atoms with Crippen LogP contribution in [0.5, 0.6) is 0 Å². The Morgan fingerprint density at radius 3 is 2.56 bits per heavy atom. The first-order valence-electron chi connectivity index (χ1n) is 9.01. The van der Waals surface area contributed by atoms with Gasteiger partial charge in [-0.25, -0.2) is 9.59 Å². The van der Waals surface area contributed by atoms with E-state index in [4.69, 9.17) is 4.74 Å². The van der Waals surface area contributed by atoms with Crippen molar-refractivity contribution in [2.24, 2.45) is 0 Å². The molecule has 0 saturated heterocycles. The van der Waals surface area contributed by atoms with Crippen molar-refractivity contribution in [2.75, 3.05) is 6.61 Å². The third-order valence-corrected chi connectivity index (χ3v) is 4.86. The van der Waals surface area contributed by atoms with E-state index in [2.05, 4.69) is 10.6 Å². The summed E-state index contributed by atoms with van der Waals surface area (Å²) in [7, 11) is 0. The number of carbonyl (C=O) groups is 3. The fourth-order valence-electron chi connectivity index (χ4n) is 3.54. The van der Waals surface area contributed by atoms with Gasteiger partial charge in [0, 0.05) is 6.04 Å². The van der Waals surface area contributed by atoms with Crippen molar-refractivity contribution >= 4 is 17.9 Å². The summed E-state index contributed by atoms with van der Waals surface area (Å²) in [4.78, 5) is 35.6. The van der Waals surface area contributed by atoms with Gasteiger partial charge in [0.25, 0.3) is 5.91 Å². The normalized spacial score (nSPS) is 16.8. The molecule has 1 aromatic carbocycles. The van der Waals surface area contributed by atoms with E-state index >= 15 is 0 Å². The Balaban J connectivity index is 1.42. The highest BCUT2D eigenvalue weighted by Gasteiger charge is 2.18. The van der Waals surface area contributed by atoms with Gasteiger partial charge in [-0.05, 0) is 55.4 Å². The molecular formula is C19H24N2O4. The van der Waals surface area contributed by atoms with Crippen LogP contribution in [0.2, 0.25) is 0 Å². The standard InChI is InChI=1S/C19H24N2O4/c22-17(21-19(24)20-16-7-2-1-3-8-16)12-25-18(23)15-10-9-13-5-4-6-14(13)11-15/h9-11,16H,1-8,12H2,(H2,20,21,22,24). The molecule has 0 heterocycles. The number of ether oxygens (including phenoxy) is 1. The van der Waals surface area contributed by atoms with E-state index in [0.29, 0.717) is 5.56 Å². The van der Waals surface area contributed by atoms with Crippen molar-refractivity contribution < 1.29 is 19.1 Å². The first-order valence-corrected chi connectivity index (χ1v) is 9.01. The van der Waals surface area contributed by atoms with E-state index in [0.717, 1.165) is 44.9 Å². The minimum Gasteiger partial charge on any atom is -0.452 e. The van der Waals surface area contributed by atoms with Crippen molar-refractivity contribution in [1.29, 1.82) is 0 Å². The molecule has 0 spiro atoms. The molecule has 0 bridgehead atoms. The largest absolute Gasteiger partial charge is 0.452 e. The number of hydrogen-bond acceptors (Lipinski definition) is 4. The maximum atomic E-state index is 12.0. The van der Waals surface area contributed by atoms with E-state index in [1.54, 1.807) is 6.07 Å². The minimum atomic E-state index is -0.622. The van der Waals surface area contributed by atoms with Crippen molar-refractivity contribution in [3.8, 4) is 0 Å². The zero-order valence-electron chi connectivity index (χ0n) is 14.3. The molecule has 2 N–H and O–H groups in total. The summed E-state index contributed by atoms with van der Waals surface area (Å²) in [5.74, 6) is -1.17. The van der Waals surface area contributed by atoms with Crippen LogP contribution >= 0.6 is 0 Å². The zero-order chi connectivity index (χ0) is 17.6. The molecule has 2 aliphatic rings. The van der Waals surface area contributed by atoms with Crippen LogP contribution in [-0.4, -0.2) is 30.6 Å². The molecule has 1 aromatic rings. The summed E-state index contributed by atoms with van der Waals surface area (Å²) in [6.45, 7) is -0.464. The van der Waals surface area contributed by atoms with Gasteiger partial charge < -0.3 is 10.1 Å². The maximum absolute atomic E-state index is 12.0. The summed E-state index contributed by atoms with van der Waals surface area (Å²) in [5.41, 5.74) is 2.89. The lowest BCUT2D eigenvalue weighted by Gasteiger charge is -2.22. The van der Waals surface area contributed by atoms with Crippen molar-refractivity contribution in [1.82, 2.24) is 10.6 Å². The quantitative estimate of drug-likeness (QED) is 0.822. The van der Waals surface area contributed by atoms with Gasteiger partial charge in [-0.2, -0.15) is 0 Å². The van der Waals surface area contributed by atoms with Crippen molar-refractivity contribution in [3.63, 3.8) is 0 Å². The number of amides is 3. The van der Waals surface area contributed by atoms with E-state index in [-0.39, 0.29) is 6.04 Å². The first-order chi connectivity index (χ1) is 12.1. The molecule has 3 amide bonds. The number of carbonyl (C=O) groups excluding carboxylic acids is 3. The van der Waals surface area contributed by atoms with Crippen LogP contribution in [0.1, 0.15) is 60.0 Å². The number of rotatable bonds is 4. The molecule has 0 radical (unpaired) electrons. The average Bonchev–Trinajstić information content (AvgIpc) is 3.08. The van der Waals surface area contributed by atoms with Crippen LogP contribution in [-0.2, 0) is 22.4 Å². The third kappa shape index (κ3) is 4.81. The Morgan fingerprint density at radius 1 is 1.00 bits per heavy atom. The molecule has 0 unspecified atom stereocenters. The topological polar surface area (TPSA) is 84.5 Å². The van der Waals surface area contributed by atoms with E-state index in [9.17, 15) is 14.4 Å². The molecule has 1 fully saturated rings. The van der Waals surface area contributed by atoms with Crippen LogP contribution in [0.25, 0.3) is 0 Å². The first kappa shape index (κ1) is 17.5. The predicted octanol–water partition coefficient (Wildman–Crippen LogP) is 2.49. The van der Waals surface area contributed by atoms with Crippen LogP contribution in [0.3, 0.4) is 0 Å². The lowest BCUT2D eigenvalue weighted by molar-refractivity contribution is -0.123. The molecule has 2 aliphatic carbocycles. The SMILES string of the molecule is O=C(COC(=O)c1ccc2c(c1)CCC2)NC(=O)NC1CCCCC1. The summed E-state index contributed by atoms with van der Waals surface area (Å²) >= 11 is 0. The van der Waals surface area contributed by atoms with Gasteiger partial charge in [0.2, 0.25) is 0 Å². The monoisotopic (exact) mass is 344 g/mol. The van der Waals surface area contributed by atoms with Gasteiger partial charge in [0.15, 0.2) is 6.61 Å². The average molecular weight is 344 g/mol. The van der Waals surface area contributed by atoms with Crippen LogP contribution in [0.15, 0.2) is 18.2 Å². The van der Waals surface area contributed by atoms with Gasteiger partial charge in [-0.15, -0.1) is 0 Å². The summed E-state index contributed by atoms with van der Waals surface area (Å²) in [6, 6.07) is 5.09. The molecule has 3 rings (SSSR count). The molecular weight excluding hydrogens is 320 g/mol. The number of aryl methyl sites for hydroxylation is 2. The van der Waals surface area contributed by atoms with Gasteiger partial charge in [0.1, 0.15) is 0 Å². The van der Waals surface area contributed by atoms with Crippen LogP contribution in [0.4, 0.5) is 4.79 Å². The Morgan fingerprint density at radius 2 is 1.76 bits per heavy atom. The highest BCUT2D eigenvalue weighted by atomic mass is 16.5. The second kappa shape index (κ2) is 8.14. The van der Waals surface area contributed by atoms with Gasteiger partial charge in [0.05, 0.1) is 5.56 Å². The zero-order valence-corrected chi connectivity index (χ0v) is 14.3. The van der Waals surface area contributed by atoms with Crippen LogP contribution in [0, 0.1) is 0 Å². The smallest absolute Gasteiger partial charge is 0.338 e. The highest BCUT2D eigenvalue weighted by Crippen LogP contribution is 2.23. The molecule has 25 heavy (non-hydrogen) atoms. The van der Waals surface area contributed by atoms with E-state index in [1.807, 2.05) is 12.1 Å². The lowest BCUT2D eigenvalue weighted by atomic mass is 9.96. The number of esters is 1. The fraction of sp³-hybridized carbons (Fsp3) is 0.526. The second-order valence-electron chi connectivity index (χ2n) is 6.77. The highest BCUT2D eigenvalue weighted by molar-refractivity contribution is 5.97. The maximum Gasteiger partial charge on any atom is 0.338 e. The van der Waals surface area contributed by atoms with Crippen molar-refractivity contribution in [3.05, 3.63) is 34.9 Å². The summed E-state index contributed by atoms with van der Waals surface area (Å²) in [5, 5.41) is 5.00.